The first kappa shape index (κ1) is 13.0. The van der Waals surface area contributed by atoms with Crippen LogP contribution in [0, 0.1) is 0 Å². The monoisotopic (exact) mass is 312 g/mol. The van der Waals surface area contributed by atoms with Crippen molar-refractivity contribution in [2.24, 2.45) is 7.05 Å². The van der Waals surface area contributed by atoms with Gasteiger partial charge in [0.15, 0.2) is 5.65 Å². The fourth-order valence-electron chi connectivity index (χ4n) is 2.27. The Balaban J connectivity index is 1.67. The number of aromatic nitrogens is 6. The average Bonchev–Trinajstić information content (AvgIpc) is 3.21. The first-order valence-corrected chi connectivity index (χ1v) is 7.56. The fourth-order valence-corrected chi connectivity index (χ4v) is 3.05. The van der Waals surface area contributed by atoms with Gasteiger partial charge < -0.3 is 0 Å². The van der Waals surface area contributed by atoms with Gasteiger partial charge in [0, 0.05) is 30.4 Å². The molecule has 0 atom stereocenters. The SMILES string of the molecule is Cn1cc(-c2csc(Cn3nc4ccccn4c3=O)n2)cn1. The molecule has 8 heteroatoms. The van der Waals surface area contributed by atoms with Crippen molar-refractivity contribution in [1.82, 2.24) is 28.9 Å². The molecule has 0 aliphatic heterocycles. The largest absolute Gasteiger partial charge is 0.350 e. The second-order valence-corrected chi connectivity index (χ2v) is 5.84. The molecule has 0 fully saturated rings. The molecule has 110 valence electrons. The Labute approximate surface area is 129 Å². The molecule has 0 unspecified atom stereocenters. The number of thiazole rings is 1. The molecular formula is C14H12N6OS. The third-order valence-corrected chi connectivity index (χ3v) is 4.16. The van der Waals surface area contributed by atoms with Crippen molar-refractivity contribution in [3.8, 4) is 11.3 Å². The van der Waals surface area contributed by atoms with Crippen LogP contribution in [-0.2, 0) is 13.6 Å². The van der Waals surface area contributed by atoms with Crippen LogP contribution in [-0.4, -0.2) is 28.9 Å². The van der Waals surface area contributed by atoms with Gasteiger partial charge in [-0.25, -0.2) is 14.5 Å². The molecule has 4 aromatic heterocycles. The molecule has 0 N–H and O–H groups in total. The van der Waals surface area contributed by atoms with Gasteiger partial charge in [0.1, 0.15) is 5.01 Å². The van der Waals surface area contributed by atoms with E-state index in [0.29, 0.717) is 12.2 Å². The predicted molar refractivity (Wildman–Crippen MR) is 82.9 cm³/mol. The van der Waals surface area contributed by atoms with E-state index in [1.807, 2.05) is 30.8 Å². The Kier molecular flexibility index (Phi) is 2.90. The zero-order valence-electron chi connectivity index (χ0n) is 11.7. The highest BCUT2D eigenvalue weighted by molar-refractivity contribution is 7.09. The maximum Gasteiger partial charge on any atom is 0.350 e. The van der Waals surface area contributed by atoms with E-state index in [4.69, 9.17) is 0 Å². The third kappa shape index (κ3) is 2.13. The lowest BCUT2D eigenvalue weighted by Crippen LogP contribution is -2.21. The number of hydrogen-bond acceptors (Lipinski definition) is 5. The maximum absolute atomic E-state index is 12.2. The third-order valence-electron chi connectivity index (χ3n) is 3.33. The zero-order chi connectivity index (χ0) is 15.1. The van der Waals surface area contributed by atoms with Crippen molar-refractivity contribution in [2.75, 3.05) is 0 Å². The number of hydrogen-bond donors (Lipinski definition) is 0. The van der Waals surface area contributed by atoms with Crippen LogP contribution in [0.2, 0.25) is 0 Å². The molecule has 0 aromatic carbocycles. The summed E-state index contributed by atoms with van der Waals surface area (Å²) in [6, 6.07) is 5.47. The number of aryl methyl sites for hydroxylation is 1. The normalized spacial score (nSPS) is 11.3. The summed E-state index contributed by atoms with van der Waals surface area (Å²) in [5.41, 5.74) is 2.31. The smallest absolute Gasteiger partial charge is 0.275 e. The summed E-state index contributed by atoms with van der Waals surface area (Å²) >= 11 is 1.51. The van der Waals surface area contributed by atoms with Gasteiger partial charge in [-0.05, 0) is 12.1 Å². The van der Waals surface area contributed by atoms with Crippen LogP contribution in [0.25, 0.3) is 16.9 Å². The number of nitrogens with zero attached hydrogens (tertiary/aromatic N) is 6. The van der Waals surface area contributed by atoms with Gasteiger partial charge in [-0.1, -0.05) is 6.07 Å². The second-order valence-electron chi connectivity index (χ2n) is 4.90. The van der Waals surface area contributed by atoms with E-state index in [1.165, 1.54) is 20.4 Å². The van der Waals surface area contributed by atoms with Crippen LogP contribution in [0.4, 0.5) is 0 Å². The van der Waals surface area contributed by atoms with Gasteiger partial charge in [-0.2, -0.15) is 5.10 Å². The van der Waals surface area contributed by atoms with Crippen LogP contribution < -0.4 is 5.69 Å². The molecule has 0 bridgehead atoms. The molecule has 0 amide bonds. The Bertz CT molecular complexity index is 1010. The van der Waals surface area contributed by atoms with E-state index in [9.17, 15) is 4.79 Å². The molecule has 0 aliphatic rings. The Morgan fingerprint density at radius 1 is 1.32 bits per heavy atom. The van der Waals surface area contributed by atoms with Crippen LogP contribution in [0.15, 0.2) is 47.0 Å². The second kappa shape index (κ2) is 4.92. The van der Waals surface area contributed by atoms with Crippen molar-refractivity contribution in [3.63, 3.8) is 0 Å². The minimum absolute atomic E-state index is 0.159. The molecule has 0 radical (unpaired) electrons. The molecular weight excluding hydrogens is 300 g/mol. The van der Waals surface area contributed by atoms with Crippen LogP contribution in [0.1, 0.15) is 5.01 Å². The lowest BCUT2D eigenvalue weighted by atomic mass is 10.3. The quantitative estimate of drug-likeness (QED) is 0.573. The zero-order valence-corrected chi connectivity index (χ0v) is 12.6. The topological polar surface area (TPSA) is 70.0 Å². The van der Waals surface area contributed by atoms with Crippen LogP contribution in [0.5, 0.6) is 0 Å². The summed E-state index contributed by atoms with van der Waals surface area (Å²) in [7, 11) is 1.87. The van der Waals surface area contributed by atoms with Crippen LogP contribution >= 0.6 is 11.3 Å². The highest BCUT2D eigenvalue weighted by atomic mass is 32.1. The number of rotatable bonds is 3. The molecule has 4 aromatic rings. The van der Waals surface area contributed by atoms with Gasteiger partial charge >= 0.3 is 5.69 Å². The Morgan fingerprint density at radius 2 is 2.23 bits per heavy atom. The lowest BCUT2D eigenvalue weighted by molar-refractivity contribution is 0.656. The molecule has 7 nitrogen and oxygen atoms in total. The highest BCUT2D eigenvalue weighted by Crippen LogP contribution is 2.21. The van der Waals surface area contributed by atoms with E-state index >= 15 is 0 Å². The van der Waals surface area contributed by atoms with Gasteiger partial charge in [-0.3, -0.25) is 9.08 Å². The van der Waals surface area contributed by atoms with E-state index in [-0.39, 0.29) is 5.69 Å². The van der Waals surface area contributed by atoms with Gasteiger partial charge in [0.05, 0.1) is 18.4 Å². The average molecular weight is 312 g/mol. The van der Waals surface area contributed by atoms with Crippen molar-refractivity contribution in [3.05, 3.63) is 57.7 Å². The maximum atomic E-state index is 12.2. The molecule has 0 aliphatic carbocycles. The fraction of sp³-hybridized carbons (Fsp3) is 0.143. The summed E-state index contributed by atoms with van der Waals surface area (Å²) in [5, 5.41) is 11.3. The molecule has 0 spiro atoms. The first-order chi connectivity index (χ1) is 10.7. The Hall–Kier alpha value is -2.74. The van der Waals surface area contributed by atoms with Crippen molar-refractivity contribution < 1.29 is 0 Å². The summed E-state index contributed by atoms with van der Waals surface area (Å²) in [6.07, 6.45) is 5.40. The summed E-state index contributed by atoms with van der Waals surface area (Å²) < 4.78 is 4.69. The molecule has 22 heavy (non-hydrogen) atoms. The van der Waals surface area contributed by atoms with Gasteiger partial charge in [0.25, 0.3) is 0 Å². The number of pyridine rings is 1. The summed E-state index contributed by atoms with van der Waals surface area (Å²) in [4.78, 5) is 16.8. The van der Waals surface area contributed by atoms with E-state index in [1.54, 1.807) is 23.1 Å². The van der Waals surface area contributed by atoms with Gasteiger partial charge in [0.2, 0.25) is 0 Å². The van der Waals surface area contributed by atoms with Crippen LogP contribution in [0.3, 0.4) is 0 Å². The van der Waals surface area contributed by atoms with Crippen molar-refractivity contribution in [2.45, 2.75) is 6.54 Å². The van der Waals surface area contributed by atoms with Gasteiger partial charge in [-0.15, -0.1) is 16.4 Å². The Morgan fingerprint density at radius 3 is 3.00 bits per heavy atom. The van der Waals surface area contributed by atoms with Crippen molar-refractivity contribution >= 4 is 17.0 Å². The first-order valence-electron chi connectivity index (χ1n) is 6.68. The molecule has 4 heterocycles. The standard InChI is InChI=1S/C14H12N6OS/c1-18-7-10(6-15-18)11-9-22-13(16-11)8-20-14(21)19-5-3-2-4-12(19)17-20/h2-7,9H,8H2,1H3. The van der Waals surface area contributed by atoms with E-state index < -0.39 is 0 Å². The molecule has 0 saturated heterocycles. The highest BCUT2D eigenvalue weighted by Gasteiger charge is 2.10. The van der Waals surface area contributed by atoms with E-state index in [2.05, 4.69) is 15.2 Å². The molecule has 0 saturated carbocycles. The minimum Gasteiger partial charge on any atom is -0.275 e. The van der Waals surface area contributed by atoms with E-state index in [0.717, 1.165) is 16.3 Å². The lowest BCUT2D eigenvalue weighted by Gasteiger charge is -1.94. The summed E-state index contributed by atoms with van der Waals surface area (Å²) in [6.45, 7) is 0.367. The minimum atomic E-state index is -0.159. The predicted octanol–water partition coefficient (Wildman–Crippen LogP) is 1.40. The number of fused-ring (bicyclic) bond motifs is 1. The molecule has 4 rings (SSSR count). The summed E-state index contributed by atoms with van der Waals surface area (Å²) in [5.74, 6) is 0. The van der Waals surface area contributed by atoms with Crippen molar-refractivity contribution in [1.29, 1.82) is 0 Å².